The molecule has 2 aromatic heterocycles. The van der Waals surface area contributed by atoms with E-state index < -0.39 is 4.92 Å². The van der Waals surface area contributed by atoms with Crippen molar-refractivity contribution in [2.45, 2.75) is 0 Å². The molecule has 19 heavy (non-hydrogen) atoms. The number of pyridine rings is 1. The van der Waals surface area contributed by atoms with Gasteiger partial charge in [0, 0.05) is 23.8 Å². The van der Waals surface area contributed by atoms with Crippen LogP contribution < -0.4 is 4.74 Å². The molecule has 0 aliphatic heterocycles. The summed E-state index contributed by atoms with van der Waals surface area (Å²) in [5.41, 5.74) is 1.13. The summed E-state index contributed by atoms with van der Waals surface area (Å²) in [5, 5.41) is 10.5. The van der Waals surface area contributed by atoms with Crippen molar-refractivity contribution in [1.82, 2.24) is 4.40 Å². The van der Waals surface area contributed by atoms with Gasteiger partial charge in [-0.2, -0.15) is 0 Å². The number of nitro benzene ring substituents is 1. The number of aromatic nitrogens is 1. The molecule has 0 amide bonds. The molecule has 0 radical (unpaired) electrons. The zero-order chi connectivity index (χ0) is 13.2. The molecule has 0 unspecified atom stereocenters. The van der Waals surface area contributed by atoms with Gasteiger partial charge in [0.1, 0.15) is 11.5 Å². The Labute approximate surface area is 108 Å². The summed E-state index contributed by atoms with van der Waals surface area (Å²) in [6, 6.07) is 13.8. The molecule has 3 rings (SSSR count). The van der Waals surface area contributed by atoms with E-state index in [0.717, 1.165) is 5.52 Å². The Kier molecular flexibility index (Phi) is 2.64. The lowest BCUT2D eigenvalue weighted by Gasteiger charge is -2.06. The molecular formula is C14H10N2O3. The topological polar surface area (TPSA) is 56.8 Å². The molecule has 0 N–H and O–H groups in total. The largest absolute Gasteiger partial charge is 0.456 e. The molecule has 94 valence electrons. The fraction of sp³-hybridized carbons (Fsp3) is 0. The van der Waals surface area contributed by atoms with Gasteiger partial charge in [0.05, 0.1) is 11.1 Å². The van der Waals surface area contributed by atoms with Gasteiger partial charge in [-0.05, 0) is 36.4 Å². The first-order chi connectivity index (χ1) is 9.22. The summed E-state index contributed by atoms with van der Waals surface area (Å²) >= 11 is 0. The molecule has 2 heterocycles. The van der Waals surface area contributed by atoms with Gasteiger partial charge in [-0.3, -0.25) is 10.1 Å². The summed E-state index contributed by atoms with van der Waals surface area (Å²) in [7, 11) is 0. The summed E-state index contributed by atoms with van der Waals surface area (Å²) in [4.78, 5) is 10.1. The molecule has 0 saturated carbocycles. The first kappa shape index (κ1) is 11.3. The molecule has 0 saturated heterocycles. The molecule has 3 aromatic rings. The molecule has 0 spiro atoms. The molecule has 0 bridgehead atoms. The molecular weight excluding hydrogens is 244 g/mol. The van der Waals surface area contributed by atoms with E-state index in [1.807, 2.05) is 41.1 Å². The lowest BCUT2D eigenvalue weighted by molar-refractivity contribution is -0.384. The third-order valence-corrected chi connectivity index (χ3v) is 2.78. The van der Waals surface area contributed by atoms with E-state index in [9.17, 15) is 10.1 Å². The van der Waals surface area contributed by atoms with E-state index >= 15 is 0 Å². The maximum absolute atomic E-state index is 10.5. The second kappa shape index (κ2) is 4.45. The first-order valence-electron chi connectivity index (χ1n) is 5.71. The number of nitro groups is 1. The zero-order valence-electron chi connectivity index (χ0n) is 9.89. The maximum atomic E-state index is 10.5. The number of fused-ring (bicyclic) bond motifs is 1. The van der Waals surface area contributed by atoms with Gasteiger partial charge < -0.3 is 9.14 Å². The summed E-state index contributed by atoms with van der Waals surface area (Å²) in [5.74, 6) is 1.25. The van der Waals surface area contributed by atoms with Crippen LogP contribution in [-0.2, 0) is 0 Å². The molecule has 0 aliphatic rings. The quantitative estimate of drug-likeness (QED) is 0.529. The molecule has 5 nitrogen and oxygen atoms in total. The smallest absolute Gasteiger partial charge is 0.269 e. The third-order valence-electron chi connectivity index (χ3n) is 2.78. The van der Waals surface area contributed by atoms with Gasteiger partial charge in [0.2, 0.25) is 0 Å². The fourth-order valence-electron chi connectivity index (χ4n) is 1.85. The van der Waals surface area contributed by atoms with E-state index in [4.69, 9.17) is 4.74 Å². The van der Waals surface area contributed by atoms with Crippen LogP contribution in [0.25, 0.3) is 5.52 Å². The van der Waals surface area contributed by atoms with E-state index in [1.165, 1.54) is 12.1 Å². The van der Waals surface area contributed by atoms with Crippen LogP contribution >= 0.6 is 0 Å². The van der Waals surface area contributed by atoms with Crippen LogP contribution in [0.4, 0.5) is 5.69 Å². The second-order valence-electron chi connectivity index (χ2n) is 4.06. The van der Waals surface area contributed by atoms with E-state index in [-0.39, 0.29) is 5.69 Å². The normalized spacial score (nSPS) is 10.5. The highest BCUT2D eigenvalue weighted by atomic mass is 16.6. The summed E-state index contributed by atoms with van der Waals surface area (Å²) in [6.07, 6.45) is 3.79. The zero-order valence-corrected chi connectivity index (χ0v) is 9.89. The van der Waals surface area contributed by atoms with Crippen molar-refractivity contribution >= 4 is 11.2 Å². The van der Waals surface area contributed by atoms with Crippen molar-refractivity contribution in [2.75, 3.05) is 0 Å². The molecule has 0 aliphatic carbocycles. The van der Waals surface area contributed by atoms with Crippen LogP contribution in [0.1, 0.15) is 0 Å². The monoisotopic (exact) mass is 254 g/mol. The van der Waals surface area contributed by atoms with Gasteiger partial charge in [0.15, 0.2) is 0 Å². The number of ether oxygens (including phenoxy) is 1. The van der Waals surface area contributed by atoms with Crippen LogP contribution in [0.3, 0.4) is 0 Å². The Hall–Kier alpha value is -2.82. The van der Waals surface area contributed by atoms with Crippen molar-refractivity contribution in [3.05, 3.63) is 71.0 Å². The Morgan fingerprint density at radius 1 is 1.00 bits per heavy atom. The minimum atomic E-state index is -0.435. The van der Waals surface area contributed by atoms with Crippen LogP contribution in [0.15, 0.2) is 60.9 Å². The number of non-ortho nitro benzene ring substituents is 1. The van der Waals surface area contributed by atoms with Crippen LogP contribution in [0.5, 0.6) is 11.5 Å². The maximum Gasteiger partial charge on any atom is 0.269 e. The highest BCUT2D eigenvalue weighted by Gasteiger charge is 2.05. The number of hydrogen-bond acceptors (Lipinski definition) is 3. The molecule has 0 atom stereocenters. The van der Waals surface area contributed by atoms with E-state index in [1.54, 1.807) is 12.1 Å². The lowest BCUT2D eigenvalue weighted by atomic mass is 10.3. The lowest BCUT2D eigenvalue weighted by Crippen LogP contribution is -1.89. The Balaban J connectivity index is 1.85. The first-order valence-corrected chi connectivity index (χ1v) is 5.71. The predicted octanol–water partition coefficient (Wildman–Crippen LogP) is 3.64. The van der Waals surface area contributed by atoms with Gasteiger partial charge in [-0.15, -0.1) is 0 Å². The van der Waals surface area contributed by atoms with E-state index in [0.29, 0.717) is 11.5 Å². The number of nitrogens with zero attached hydrogens (tertiary/aromatic N) is 2. The molecule has 0 fully saturated rings. The minimum Gasteiger partial charge on any atom is -0.456 e. The average molecular weight is 254 g/mol. The van der Waals surface area contributed by atoms with Crippen LogP contribution in [0, 0.1) is 10.1 Å². The van der Waals surface area contributed by atoms with Crippen molar-refractivity contribution in [1.29, 1.82) is 0 Å². The average Bonchev–Trinajstić information content (AvgIpc) is 2.87. The van der Waals surface area contributed by atoms with Gasteiger partial charge >= 0.3 is 0 Å². The van der Waals surface area contributed by atoms with Crippen molar-refractivity contribution in [3.63, 3.8) is 0 Å². The van der Waals surface area contributed by atoms with E-state index in [2.05, 4.69) is 0 Å². The fourth-order valence-corrected chi connectivity index (χ4v) is 1.85. The van der Waals surface area contributed by atoms with Crippen LogP contribution in [-0.4, -0.2) is 9.32 Å². The SMILES string of the molecule is O=[N+]([O-])c1ccc(Oc2ccc3cccn3c2)cc1. The molecule has 5 heteroatoms. The second-order valence-corrected chi connectivity index (χ2v) is 4.06. The third kappa shape index (κ3) is 2.26. The van der Waals surface area contributed by atoms with Crippen molar-refractivity contribution in [2.24, 2.45) is 0 Å². The highest BCUT2D eigenvalue weighted by molar-refractivity contribution is 5.50. The number of rotatable bonds is 3. The van der Waals surface area contributed by atoms with Crippen LogP contribution in [0.2, 0.25) is 0 Å². The standard InChI is InChI=1S/C14H10N2O3/c17-16(18)12-4-6-13(7-5-12)19-14-8-3-11-2-1-9-15(11)10-14/h1-10H. The van der Waals surface area contributed by atoms with Crippen molar-refractivity contribution in [3.8, 4) is 11.5 Å². The van der Waals surface area contributed by atoms with Gasteiger partial charge in [-0.25, -0.2) is 0 Å². The number of hydrogen-bond donors (Lipinski definition) is 0. The van der Waals surface area contributed by atoms with Crippen molar-refractivity contribution < 1.29 is 9.66 Å². The summed E-state index contributed by atoms with van der Waals surface area (Å²) < 4.78 is 7.59. The van der Waals surface area contributed by atoms with Gasteiger partial charge in [-0.1, -0.05) is 0 Å². The highest BCUT2D eigenvalue weighted by Crippen LogP contribution is 2.24. The minimum absolute atomic E-state index is 0.0493. The Bertz CT molecular complexity index is 732. The summed E-state index contributed by atoms with van der Waals surface area (Å²) in [6.45, 7) is 0. The number of benzene rings is 1. The Morgan fingerprint density at radius 3 is 2.47 bits per heavy atom. The van der Waals surface area contributed by atoms with Gasteiger partial charge in [0.25, 0.3) is 5.69 Å². The molecule has 1 aromatic carbocycles. The Morgan fingerprint density at radius 2 is 1.74 bits per heavy atom. The predicted molar refractivity (Wildman–Crippen MR) is 70.6 cm³/mol.